The fourth-order valence-electron chi connectivity index (χ4n) is 1.81. The lowest BCUT2D eigenvalue weighted by Crippen LogP contribution is -2.28. The molecule has 0 aliphatic carbocycles. The van der Waals surface area contributed by atoms with E-state index in [1.165, 1.54) is 4.90 Å². The van der Waals surface area contributed by atoms with E-state index in [9.17, 15) is 9.59 Å². The Kier molecular flexibility index (Phi) is 4.21. The predicted molar refractivity (Wildman–Crippen MR) is 77.3 cm³/mol. The number of nitrogens with one attached hydrogen (secondary N) is 1. The van der Waals surface area contributed by atoms with Crippen molar-refractivity contribution in [1.29, 1.82) is 0 Å². The van der Waals surface area contributed by atoms with Crippen LogP contribution in [-0.2, 0) is 11.3 Å². The molecule has 5 nitrogen and oxygen atoms in total. The summed E-state index contributed by atoms with van der Waals surface area (Å²) in [7, 11) is 1.68. The molecule has 0 saturated carbocycles. The minimum atomic E-state index is -0.185. The molecule has 0 saturated heterocycles. The third-order valence-corrected chi connectivity index (χ3v) is 3.02. The van der Waals surface area contributed by atoms with Crippen molar-refractivity contribution in [3.63, 3.8) is 0 Å². The number of amides is 1. The maximum absolute atomic E-state index is 11.9. The van der Waals surface area contributed by atoms with E-state index >= 15 is 0 Å². The molecule has 6 heteroatoms. The highest BCUT2D eigenvalue weighted by atomic mass is 32.1. The molecule has 0 atom stereocenters. The van der Waals surface area contributed by atoms with E-state index in [4.69, 9.17) is 0 Å². The lowest BCUT2D eigenvalue weighted by Gasteiger charge is -2.16. The molecule has 0 aliphatic rings. The lowest BCUT2D eigenvalue weighted by atomic mass is 10.2. The topological polar surface area (TPSA) is 66.1 Å². The third kappa shape index (κ3) is 3.14. The molecule has 1 aromatic heterocycles. The van der Waals surface area contributed by atoms with Gasteiger partial charge in [0.15, 0.2) is 0 Å². The number of carbonyl (C=O) groups is 1. The fraction of sp³-hybridized carbons (Fsp3) is 0.308. The third-order valence-electron chi connectivity index (χ3n) is 2.80. The van der Waals surface area contributed by atoms with Crippen LogP contribution in [0.2, 0.25) is 0 Å². The van der Waals surface area contributed by atoms with Crippen LogP contribution in [-0.4, -0.2) is 33.6 Å². The Hall–Kier alpha value is -1.82. The molecular weight excluding hydrogens is 262 g/mol. The number of benzene rings is 1. The average Bonchev–Trinajstić information content (AvgIpc) is 2.39. The zero-order valence-electron chi connectivity index (χ0n) is 10.6. The molecule has 0 spiro atoms. The summed E-state index contributed by atoms with van der Waals surface area (Å²) in [6, 6.07) is 7.12. The molecule has 2 rings (SSSR count). The Labute approximate surface area is 116 Å². The number of hydrogen-bond donors (Lipinski definition) is 2. The molecule has 1 heterocycles. The van der Waals surface area contributed by atoms with Gasteiger partial charge in [-0.1, -0.05) is 12.1 Å². The number of aromatic amines is 1. The van der Waals surface area contributed by atoms with E-state index in [0.29, 0.717) is 28.9 Å². The molecule has 19 heavy (non-hydrogen) atoms. The minimum absolute atomic E-state index is 0.0224. The Bertz CT molecular complexity index is 654. The summed E-state index contributed by atoms with van der Waals surface area (Å²) in [5.41, 5.74) is 0.451. The highest BCUT2D eigenvalue weighted by Crippen LogP contribution is 2.07. The van der Waals surface area contributed by atoms with E-state index in [2.05, 4.69) is 22.6 Å². The zero-order chi connectivity index (χ0) is 13.8. The number of rotatable bonds is 4. The Morgan fingerprint density at radius 2 is 2.16 bits per heavy atom. The van der Waals surface area contributed by atoms with Gasteiger partial charge in [-0.05, 0) is 17.9 Å². The van der Waals surface area contributed by atoms with Crippen molar-refractivity contribution in [3.8, 4) is 0 Å². The number of thiol groups is 1. The van der Waals surface area contributed by atoms with E-state index < -0.39 is 0 Å². The fourth-order valence-corrected chi connectivity index (χ4v) is 2.00. The Balaban J connectivity index is 2.26. The molecule has 1 aromatic carbocycles. The van der Waals surface area contributed by atoms with Gasteiger partial charge in [0, 0.05) is 13.5 Å². The van der Waals surface area contributed by atoms with Gasteiger partial charge in [-0.15, -0.1) is 0 Å². The van der Waals surface area contributed by atoms with Crippen molar-refractivity contribution in [2.45, 2.75) is 13.0 Å². The van der Waals surface area contributed by atoms with Gasteiger partial charge >= 0.3 is 0 Å². The number of para-hydroxylation sites is 1. The van der Waals surface area contributed by atoms with Gasteiger partial charge in [0.05, 0.1) is 17.4 Å². The largest absolute Gasteiger partial charge is 0.338 e. The molecule has 0 aliphatic heterocycles. The zero-order valence-corrected chi connectivity index (χ0v) is 11.5. The van der Waals surface area contributed by atoms with Crippen molar-refractivity contribution in [2.75, 3.05) is 12.8 Å². The average molecular weight is 277 g/mol. The minimum Gasteiger partial charge on any atom is -0.338 e. The number of nitrogens with zero attached hydrogens (tertiary/aromatic N) is 2. The number of carbonyl (C=O) groups excluding carboxylic acids is 1. The monoisotopic (exact) mass is 277 g/mol. The quantitative estimate of drug-likeness (QED) is 0.825. The second-order valence-corrected chi connectivity index (χ2v) is 4.70. The lowest BCUT2D eigenvalue weighted by molar-refractivity contribution is -0.130. The van der Waals surface area contributed by atoms with Gasteiger partial charge in [0.25, 0.3) is 5.56 Å². The van der Waals surface area contributed by atoms with Crippen LogP contribution in [0.5, 0.6) is 0 Å². The van der Waals surface area contributed by atoms with E-state index in [-0.39, 0.29) is 18.0 Å². The van der Waals surface area contributed by atoms with Gasteiger partial charge in [0.1, 0.15) is 5.82 Å². The molecule has 0 unspecified atom stereocenters. The van der Waals surface area contributed by atoms with E-state index in [1.807, 2.05) is 6.07 Å². The number of aromatic nitrogens is 2. The van der Waals surface area contributed by atoms with Crippen molar-refractivity contribution < 1.29 is 4.79 Å². The van der Waals surface area contributed by atoms with Crippen LogP contribution in [0.1, 0.15) is 12.2 Å². The molecule has 0 radical (unpaired) electrons. The summed E-state index contributed by atoms with van der Waals surface area (Å²) in [4.78, 5) is 32.1. The normalized spacial score (nSPS) is 10.6. The van der Waals surface area contributed by atoms with Crippen LogP contribution in [0.25, 0.3) is 10.9 Å². The summed E-state index contributed by atoms with van der Waals surface area (Å²) in [6.45, 7) is 0.284. The standard InChI is InChI=1S/C13H15N3O2S/c1-16(12(17)6-7-19)8-11-14-10-5-3-2-4-9(10)13(18)15-11/h2-5,19H,6-8H2,1H3,(H,14,15,18). The van der Waals surface area contributed by atoms with Crippen LogP contribution in [0, 0.1) is 0 Å². The van der Waals surface area contributed by atoms with Crippen molar-refractivity contribution in [3.05, 3.63) is 40.4 Å². The second-order valence-electron chi connectivity index (χ2n) is 4.25. The van der Waals surface area contributed by atoms with Crippen LogP contribution in [0.4, 0.5) is 0 Å². The highest BCUT2D eigenvalue weighted by Gasteiger charge is 2.10. The summed E-state index contributed by atoms with van der Waals surface area (Å²) in [5.74, 6) is 0.967. The van der Waals surface area contributed by atoms with E-state index in [1.54, 1.807) is 25.2 Å². The van der Waals surface area contributed by atoms with Crippen LogP contribution >= 0.6 is 12.6 Å². The maximum atomic E-state index is 11.9. The van der Waals surface area contributed by atoms with Crippen molar-refractivity contribution in [1.82, 2.24) is 14.9 Å². The van der Waals surface area contributed by atoms with Gasteiger partial charge in [0.2, 0.25) is 5.91 Å². The first-order chi connectivity index (χ1) is 9.11. The SMILES string of the molecule is CN(Cc1nc2ccccc2c(=O)[nH]1)C(=O)CCS. The van der Waals surface area contributed by atoms with Crippen molar-refractivity contribution >= 4 is 29.4 Å². The molecular formula is C13H15N3O2S. The van der Waals surface area contributed by atoms with Gasteiger partial charge in [-0.25, -0.2) is 4.98 Å². The van der Waals surface area contributed by atoms with Gasteiger partial charge < -0.3 is 9.88 Å². The molecule has 1 N–H and O–H groups in total. The summed E-state index contributed by atoms with van der Waals surface area (Å²) < 4.78 is 0. The van der Waals surface area contributed by atoms with Gasteiger partial charge in [-0.2, -0.15) is 12.6 Å². The highest BCUT2D eigenvalue weighted by molar-refractivity contribution is 7.80. The first-order valence-corrected chi connectivity index (χ1v) is 6.58. The Morgan fingerprint density at radius 3 is 2.89 bits per heavy atom. The molecule has 0 bridgehead atoms. The number of H-pyrrole nitrogens is 1. The summed E-state index contributed by atoms with van der Waals surface area (Å²) in [6.07, 6.45) is 0.372. The number of fused-ring (bicyclic) bond motifs is 1. The molecule has 2 aromatic rings. The first kappa shape index (κ1) is 13.6. The van der Waals surface area contributed by atoms with Crippen LogP contribution in [0.15, 0.2) is 29.1 Å². The maximum Gasteiger partial charge on any atom is 0.258 e. The first-order valence-electron chi connectivity index (χ1n) is 5.94. The van der Waals surface area contributed by atoms with Crippen LogP contribution in [0.3, 0.4) is 0 Å². The van der Waals surface area contributed by atoms with E-state index in [0.717, 1.165) is 0 Å². The predicted octanol–water partition coefficient (Wildman–Crippen LogP) is 1.20. The molecule has 100 valence electrons. The summed E-state index contributed by atoms with van der Waals surface area (Å²) in [5, 5.41) is 0.551. The second kappa shape index (κ2) is 5.88. The molecule has 0 fully saturated rings. The van der Waals surface area contributed by atoms with Gasteiger partial charge in [-0.3, -0.25) is 9.59 Å². The summed E-state index contributed by atoms with van der Waals surface area (Å²) >= 11 is 4.02. The number of hydrogen-bond acceptors (Lipinski definition) is 4. The Morgan fingerprint density at radius 1 is 1.42 bits per heavy atom. The smallest absolute Gasteiger partial charge is 0.258 e. The van der Waals surface area contributed by atoms with Crippen LogP contribution < -0.4 is 5.56 Å². The van der Waals surface area contributed by atoms with Crippen molar-refractivity contribution in [2.24, 2.45) is 0 Å². The molecule has 1 amide bonds.